The molecule has 1 aromatic rings. The Morgan fingerprint density at radius 3 is 2.38 bits per heavy atom. The van der Waals surface area contributed by atoms with Gasteiger partial charge in [-0.25, -0.2) is 4.98 Å². The summed E-state index contributed by atoms with van der Waals surface area (Å²) in [5.74, 6) is 2.58. The fourth-order valence-corrected chi connectivity index (χ4v) is 4.14. The quantitative estimate of drug-likeness (QED) is 0.851. The van der Waals surface area contributed by atoms with Crippen molar-refractivity contribution in [1.82, 2.24) is 14.8 Å². The lowest BCUT2D eigenvalue weighted by Gasteiger charge is -2.41. The van der Waals surface area contributed by atoms with Gasteiger partial charge in [0.05, 0.1) is 6.04 Å². The minimum Gasteiger partial charge on any atom is -0.354 e. The molecule has 2 aliphatic heterocycles. The molecule has 0 spiro atoms. The van der Waals surface area contributed by atoms with Crippen LogP contribution in [0, 0.1) is 11.8 Å². The van der Waals surface area contributed by atoms with Crippen LogP contribution in [-0.4, -0.2) is 66.0 Å². The molecule has 5 heteroatoms. The van der Waals surface area contributed by atoms with Gasteiger partial charge in [-0.3, -0.25) is 9.69 Å². The Hall–Kier alpha value is -1.62. The number of pyridine rings is 1. The van der Waals surface area contributed by atoms with E-state index in [1.807, 2.05) is 18.3 Å². The average molecular weight is 330 g/mol. The minimum atomic E-state index is -0.0200. The molecule has 0 aromatic carbocycles. The van der Waals surface area contributed by atoms with Crippen molar-refractivity contribution in [2.45, 2.75) is 33.2 Å². The molecule has 3 heterocycles. The van der Waals surface area contributed by atoms with E-state index in [0.29, 0.717) is 17.7 Å². The number of carbonyl (C=O) groups is 1. The normalized spacial score (nSPS) is 27.1. The van der Waals surface area contributed by atoms with Crippen LogP contribution in [-0.2, 0) is 4.79 Å². The lowest BCUT2D eigenvalue weighted by molar-refractivity contribution is -0.139. The lowest BCUT2D eigenvalue weighted by Crippen LogP contribution is -2.56. The molecule has 5 nitrogen and oxygen atoms in total. The zero-order valence-corrected chi connectivity index (χ0v) is 15.2. The molecule has 0 N–H and O–H groups in total. The lowest BCUT2D eigenvalue weighted by atomic mass is 9.91. The van der Waals surface area contributed by atoms with Crippen LogP contribution in [0.1, 0.15) is 27.2 Å². The summed E-state index contributed by atoms with van der Waals surface area (Å²) < 4.78 is 0. The first-order valence-electron chi connectivity index (χ1n) is 9.23. The van der Waals surface area contributed by atoms with E-state index in [0.717, 1.165) is 45.1 Å². The number of piperazine rings is 1. The minimum absolute atomic E-state index is 0.0200. The van der Waals surface area contributed by atoms with Gasteiger partial charge in [-0.1, -0.05) is 19.9 Å². The van der Waals surface area contributed by atoms with Crippen molar-refractivity contribution in [3.8, 4) is 0 Å². The van der Waals surface area contributed by atoms with E-state index < -0.39 is 0 Å². The summed E-state index contributed by atoms with van der Waals surface area (Å²) in [5.41, 5.74) is 0. The largest absolute Gasteiger partial charge is 0.354 e. The number of rotatable bonds is 3. The first-order valence-corrected chi connectivity index (χ1v) is 9.23. The van der Waals surface area contributed by atoms with E-state index in [-0.39, 0.29) is 6.04 Å². The third kappa shape index (κ3) is 3.89. The summed E-state index contributed by atoms with van der Waals surface area (Å²) in [6.45, 7) is 12.1. The van der Waals surface area contributed by atoms with Gasteiger partial charge in [0.15, 0.2) is 0 Å². The number of hydrogen-bond donors (Lipinski definition) is 0. The average Bonchev–Trinajstić information content (AvgIpc) is 2.60. The van der Waals surface area contributed by atoms with Crippen molar-refractivity contribution < 1.29 is 4.79 Å². The van der Waals surface area contributed by atoms with Crippen molar-refractivity contribution in [1.29, 1.82) is 0 Å². The molecule has 1 aromatic heterocycles. The molecule has 1 amide bonds. The predicted molar refractivity (Wildman–Crippen MR) is 97.0 cm³/mol. The fourth-order valence-electron chi connectivity index (χ4n) is 4.14. The van der Waals surface area contributed by atoms with Gasteiger partial charge >= 0.3 is 0 Å². The second-order valence-electron chi connectivity index (χ2n) is 7.58. The van der Waals surface area contributed by atoms with E-state index in [9.17, 15) is 4.79 Å². The number of anilines is 1. The molecular weight excluding hydrogens is 300 g/mol. The number of nitrogens with zero attached hydrogens (tertiary/aromatic N) is 4. The van der Waals surface area contributed by atoms with Crippen LogP contribution in [0.5, 0.6) is 0 Å². The molecule has 3 atom stereocenters. The molecule has 2 saturated heterocycles. The predicted octanol–water partition coefficient (Wildman–Crippen LogP) is 2.10. The van der Waals surface area contributed by atoms with Gasteiger partial charge in [0.1, 0.15) is 5.82 Å². The van der Waals surface area contributed by atoms with Crippen molar-refractivity contribution in [3.63, 3.8) is 0 Å². The Morgan fingerprint density at radius 1 is 1.12 bits per heavy atom. The van der Waals surface area contributed by atoms with E-state index in [1.165, 1.54) is 6.42 Å². The number of carbonyl (C=O) groups excluding carboxylic acids is 1. The Morgan fingerprint density at radius 2 is 1.79 bits per heavy atom. The molecule has 2 fully saturated rings. The fraction of sp³-hybridized carbons (Fsp3) is 0.684. The number of amides is 1. The van der Waals surface area contributed by atoms with E-state index in [4.69, 9.17) is 0 Å². The molecule has 0 aliphatic carbocycles. The van der Waals surface area contributed by atoms with Crippen LogP contribution in [0.2, 0.25) is 0 Å². The number of aromatic nitrogens is 1. The van der Waals surface area contributed by atoms with Gasteiger partial charge < -0.3 is 9.80 Å². The van der Waals surface area contributed by atoms with Gasteiger partial charge in [-0.2, -0.15) is 0 Å². The first kappa shape index (κ1) is 17.2. The molecule has 2 aliphatic rings. The van der Waals surface area contributed by atoms with Crippen LogP contribution in [0.3, 0.4) is 0 Å². The molecule has 0 saturated carbocycles. The summed E-state index contributed by atoms with van der Waals surface area (Å²) in [7, 11) is 0. The molecular formula is C19H30N4O. The third-order valence-corrected chi connectivity index (χ3v) is 5.37. The number of hydrogen-bond acceptors (Lipinski definition) is 4. The second kappa shape index (κ2) is 7.51. The van der Waals surface area contributed by atoms with Crippen molar-refractivity contribution in [2.24, 2.45) is 11.8 Å². The maximum atomic E-state index is 12.9. The summed E-state index contributed by atoms with van der Waals surface area (Å²) >= 11 is 0. The van der Waals surface area contributed by atoms with Gasteiger partial charge in [0, 0.05) is 45.5 Å². The smallest absolute Gasteiger partial charge is 0.239 e. The van der Waals surface area contributed by atoms with Crippen LogP contribution in [0.4, 0.5) is 5.82 Å². The maximum absolute atomic E-state index is 12.9. The van der Waals surface area contributed by atoms with Gasteiger partial charge in [-0.05, 0) is 37.3 Å². The zero-order chi connectivity index (χ0) is 17.1. The molecule has 132 valence electrons. The second-order valence-corrected chi connectivity index (χ2v) is 7.58. The molecule has 0 radical (unpaired) electrons. The number of piperidine rings is 1. The maximum Gasteiger partial charge on any atom is 0.239 e. The van der Waals surface area contributed by atoms with Gasteiger partial charge in [0.25, 0.3) is 0 Å². The van der Waals surface area contributed by atoms with Crippen LogP contribution < -0.4 is 4.90 Å². The Labute approximate surface area is 145 Å². The Balaban J connectivity index is 1.55. The highest BCUT2D eigenvalue weighted by Crippen LogP contribution is 2.22. The van der Waals surface area contributed by atoms with Crippen molar-refractivity contribution in [3.05, 3.63) is 24.4 Å². The summed E-state index contributed by atoms with van der Waals surface area (Å²) in [6, 6.07) is 6.01. The zero-order valence-electron chi connectivity index (χ0n) is 15.2. The Bertz CT molecular complexity index is 532. The summed E-state index contributed by atoms with van der Waals surface area (Å²) in [5, 5.41) is 0. The van der Waals surface area contributed by atoms with Crippen LogP contribution in [0.15, 0.2) is 24.4 Å². The van der Waals surface area contributed by atoms with Crippen LogP contribution >= 0.6 is 0 Å². The number of likely N-dealkylation sites (tertiary alicyclic amines) is 1. The monoisotopic (exact) mass is 330 g/mol. The summed E-state index contributed by atoms with van der Waals surface area (Å²) in [4.78, 5) is 24.0. The van der Waals surface area contributed by atoms with Crippen LogP contribution in [0.25, 0.3) is 0 Å². The van der Waals surface area contributed by atoms with Gasteiger partial charge in [-0.15, -0.1) is 0 Å². The third-order valence-electron chi connectivity index (χ3n) is 5.37. The highest BCUT2D eigenvalue weighted by atomic mass is 16.2. The van der Waals surface area contributed by atoms with E-state index in [2.05, 4.69) is 46.5 Å². The van der Waals surface area contributed by atoms with Gasteiger partial charge in [0.2, 0.25) is 5.91 Å². The molecule has 24 heavy (non-hydrogen) atoms. The Kier molecular flexibility index (Phi) is 5.39. The van der Waals surface area contributed by atoms with Crippen molar-refractivity contribution >= 4 is 11.7 Å². The van der Waals surface area contributed by atoms with E-state index in [1.54, 1.807) is 0 Å². The SMILES string of the molecule is CC1CC(C)CN(C(=O)C(C)N2CCN(c3ccccn3)CC2)C1. The highest BCUT2D eigenvalue weighted by Gasteiger charge is 2.32. The molecule has 3 rings (SSSR count). The summed E-state index contributed by atoms with van der Waals surface area (Å²) in [6.07, 6.45) is 3.08. The highest BCUT2D eigenvalue weighted by molar-refractivity contribution is 5.81. The first-order chi connectivity index (χ1) is 11.5. The van der Waals surface area contributed by atoms with Crippen molar-refractivity contribution in [2.75, 3.05) is 44.2 Å². The molecule has 0 bridgehead atoms. The molecule has 3 unspecified atom stereocenters. The van der Waals surface area contributed by atoms with E-state index >= 15 is 0 Å². The topological polar surface area (TPSA) is 39.7 Å². The standard InChI is InChI=1S/C19H30N4O/c1-15-12-16(2)14-23(13-15)19(24)17(3)21-8-10-22(11-9-21)18-6-4-5-7-20-18/h4-7,15-17H,8-14H2,1-3H3.